The number of nitrogens with zero attached hydrogens (tertiary/aromatic N) is 4. The van der Waals surface area contributed by atoms with E-state index in [-0.39, 0.29) is 0 Å². The molecule has 0 unspecified atom stereocenters. The van der Waals surface area contributed by atoms with Crippen LogP contribution in [0.3, 0.4) is 0 Å². The van der Waals surface area contributed by atoms with E-state index in [9.17, 15) is 0 Å². The van der Waals surface area contributed by atoms with Crippen molar-refractivity contribution in [3.05, 3.63) is 47.0 Å². The molecule has 0 spiro atoms. The van der Waals surface area contributed by atoms with Gasteiger partial charge < -0.3 is 15.2 Å². The summed E-state index contributed by atoms with van der Waals surface area (Å²) in [5, 5.41) is 15.4. The lowest BCUT2D eigenvalue weighted by atomic mass is 10.1. The van der Waals surface area contributed by atoms with Crippen LogP contribution < -0.4 is 10.6 Å². The Hall–Kier alpha value is -2.08. The Bertz CT molecular complexity index is 652. The molecule has 1 aromatic carbocycles. The van der Waals surface area contributed by atoms with Gasteiger partial charge in [0.15, 0.2) is 5.96 Å². The van der Waals surface area contributed by atoms with E-state index in [1.165, 1.54) is 5.56 Å². The van der Waals surface area contributed by atoms with Crippen molar-refractivity contribution in [2.45, 2.75) is 33.2 Å². The maximum Gasteiger partial charge on any atom is 0.191 e. The zero-order valence-corrected chi connectivity index (χ0v) is 15.1. The third-order valence-corrected chi connectivity index (χ3v) is 3.80. The fraction of sp³-hybridized carbons (Fsp3) is 0.471. The number of rotatable bonds is 8. The first kappa shape index (κ1) is 18.3. The van der Waals surface area contributed by atoms with Crippen LogP contribution in [0.4, 0.5) is 0 Å². The van der Waals surface area contributed by atoms with Crippen LogP contribution in [0, 0.1) is 0 Å². The Morgan fingerprint density at radius 3 is 2.92 bits per heavy atom. The van der Waals surface area contributed by atoms with Crippen LogP contribution in [-0.2, 0) is 19.4 Å². The highest BCUT2D eigenvalue weighted by molar-refractivity contribution is 6.30. The zero-order valence-electron chi connectivity index (χ0n) is 14.3. The molecule has 0 radical (unpaired) electrons. The molecule has 7 heteroatoms. The summed E-state index contributed by atoms with van der Waals surface area (Å²) >= 11 is 6.01. The molecule has 2 N–H and O–H groups in total. The van der Waals surface area contributed by atoms with Crippen molar-refractivity contribution >= 4 is 17.6 Å². The Balaban J connectivity index is 1.82. The summed E-state index contributed by atoms with van der Waals surface area (Å²) in [6.45, 7) is 7.26. The minimum Gasteiger partial charge on any atom is -0.357 e. The van der Waals surface area contributed by atoms with Gasteiger partial charge in [0, 0.05) is 37.6 Å². The largest absolute Gasteiger partial charge is 0.357 e. The van der Waals surface area contributed by atoms with Gasteiger partial charge in [-0.1, -0.05) is 30.7 Å². The van der Waals surface area contributed by atoms with Gasteiger partial charge in [0.25, 0.3) is 0 Å². The number of guanidine groups is 1. The molecule has 0 aliphatic heterocycles. The second-order valence-electron chi connectivity index (χ2n) is 5.36. The van der Waals surface area contributed by atoms with Crippen LogP contribution in [-0.4, -0.2) is 40.4 Å². The molecule has 130 valence electrons. The van der Waals surface area contributed by atoms with Crippen molar-refractivity contribution in [1.29, 1.82) is 0 Å². The van der Waals surface area contributed by atoms with Crippen LogP contribution in [0.2, 0.25) is 5.02 Å². The summed E-state index contributed by atoms with van der Waals surface area (Å²) in [4.78, 5) is 4.61. The molecule has 0 aliphatic rings. The van der Waals surface area contributed by atoms with Crippen molar-refractivity contribution in [3.63, 3.8) is 0 Å². The first-order chi connectivity index (χ1) is 11.7. The Kier molecular flexibility index (Phi) is 7.55. The standard InChI is InChI=1S/C17H25ClN6/c1-3-16-23-22-13-24(16)11-10-21-17(19-4-2)20-9-8-14-6-5-7-15(18)12-14/h5-7,12-13H,3-4,8-11H2,1-2H3,(H2,19,20,21). The highest BCUT2D eigenvalue weighted by atomic mass is 35.5. The highest BCUT2D eigenvalue weighted by Crippen LogP contribution is 2.10. The summed E-state index contributed by atoms with van der Waals surface area (Å²) in [7, 11) is 0. The van der Waals surface area contributed by atoms with E-state index in [0.29, 0.717) is 6.54 Å². The predicted octanol–water partition coefficient (Wildman–Crippen LogP) is 2.29. The average molecular weight is 349 g/mol. The van der Waals surface area contributed by atoms with Crippen molar-refractivity contribution in [1.82, 2.24) is 25.4 Å². The molecule has 2 rings (SSSR count). The molecule has 0 saturated heterocycles. The molecule has 6 nitrogen and oxygen atoms in total. The predicted molar refractivity (Wildman–Crippen MR) is 98.5 cm³/mol. The van der Waals surface area contributed by atoms with Gasteiger partial charge >= 0.3 is 0 Å². The van der Waals surface area contributed by atoms with Crippen molar-refractivity contribution in [3.8, 4) is 0 Å². The normalized spacial score (nSPS) is 11.5. The second-order valence-corrected chi connectivity index (χ2v) is 5.80. The van der Waals surface area contributed by atoms with Crippen LogP contribution in [0.5, 0.6) is 0 Å². The van der Waals surface area contributed by atoms with E-state index in [4.69, 9.17) is 11.6 Å². The van der Waals surface area contributed by atoms with Gasteiger partial charge in [-0.15, -0.1) is 10.2 Å². The number of halogens is 1. The van der Waals surface area contributed by atoms with E-state index >= 15 is 0 Å². The van der Waals surface area contributed by atoms with Gasteiger partial charge in [0.05, 0.1) is 0 Å². The van der Waals surface area contributed by atoms with Gasteiger partial charge in [-0.25, -0.2) is 0 Å². The molecular formula is C17H25ClN6. The number of nitrogens with one attached hydrogen (secondary N) is 2. The van der Waals surface area contributed by atoms with Crippen LogP contribution in [0.25, 0.3) is 0 Å². The number of hydrogen-bond donors (Lipinski definition) is 2. The van der Waals surface area contributed by atoms with E-state index in [1.807, 2.05) is 18.2 Å². The van der Waals surface area contributed by atoms with E-state index in [0.717, 1.165) is 49.3 Å². The first-order valence-electron chi connectivity index (χ1n) is 8.36. The average Bonchev–Trinajstić information content (AvgIpc) is 3.02. The number of aromatic nitrogens is 3. The minimum atomic E-state index is 0.711. The maximum absolute atomic E-state index is 6.01. The number of benzene rings is 1. The molecule has 1 aromatic heterocycles. The topological polar surface area (TPSA) is 67.1 Å². The Morgan fingerprint density at radius 2 is 2.17 bits per heavy atom. The van der Waals surface area contributed by atoms with Gasteiger partial charge in [0.2, 0.25) is 0 Å². The van der Waals surface area contributed by atoms with Gasteiger partial charge in [-0.3, -0.25) is 4.99 Å². The lowest BCUT2D eigenvalue weighted by molar-refractivity contribution is 0.632. The Morgan fingerprint density at radius 1 is 1.29 bits per heavy atom. The van der Waals surface area contributed by atoms with Crippen molar-refractivity contribution in [2.24, 2.45) is 4.99 Å². The molecule has 0 bridgehead atoms. The quantitative estimate of drug-likeness (QED) is 0.567. The summed E-state index contributed by atoms with van der Waals surface area (Å²) < 4.78 is 2.06. The van der Waals surface area contributed by atoms with Crippen molar-refractivity contribution < 1.29 is 0 Å². The second kappa shape index (κ2) is 9.93. The van der Waals surface area contributed by atoms with E-state index in [2.05, 4.69) is 50.3 Å². The molecule has 24 heavy (non-hydrogen) atoms. The summed E-state index contributed by atoms with van der Waals surface area (Å²) in [5.74, 6) is 1.82. The van der Waals surface area contributed by atoms with Crippen LogP contribution in [0.1, 0.15) is 25.2 Å². The summed E-state index contributed by atoms with van der Waals surface area (Å²) in [6, 6.07) is 7.90. The SMILES string of the molecule is CCNC(=NCCc1cccc(Cl)c1)NCCn1cnnc1CC. The molecule has 0 aliphatic carbocycles. The van der Waals surface area contributed by atoms with E-state index < -0.39 is 0 Å². The minimum absolute atomic E-state index is 0.711. The third kappa shape index (κ3) is 5.85. The molecule has 0 atom stereocenters. The molecule has 0 fully saturated rings. The highest BCUT2D eigenvalue weighted by Gasteiger charge is 2.02. The Labute approximate surface area is 148 Å². The van der Waals surface area contributed by atoms with Gasteiger partial charge in [-0.2, -0.15) is 0 Å². The first-order valence-corrected chi connectivity index (χ1v) is 8.74. The molecular weight excluding hydrogens is 324 g/mol. The molecule has 1 heterocycles. The lowest BCUT2D eigenvalue weighted by Gasteiger charge is -2.12. The number of aliphatic imine (C=N–C) groups is 1. The fourth-order valence-corrected chi connectivity index (χ4v) is 2.58. The van der Waals surface area contributed by atoms with Crippen LogP contribution in [0.15, 0.2) is 35.6 Å². The van der Waals surface area contributed by atoms with Gasteiger partial charge in [0.1, 0.15) is 12.2 Å². The third-order valence-electron chi connectivity index (χ3n) is 3.56. The monoisotopic (exact) mass is 348 g/mol. The zero-order chi connectivity index (χ0) is 17.2. The fourth-order valence-electron chi connectivity index (χ4n) is 2.37. The lowest BCUT2D eigenvalue weighted by Crippen LogP contribution is -2.39. The number of hydrogen-bond acceptors (Lipinski definition) is 3. The maximum atomic E-state index is 6.01. The number of aryl methyl sites for hydroxylation is 1. The molecule has 0 saturated carbocycles. The molecule has 2 aromatic rings. The smallest absolute Gasteiger partial charge is 0.191 e. The summed E-state index contributed by atoms with van der Waals surface area (Å²) in [6.07, 6.45) is 3.51. The molecule has 0 amide bonds. The van der Waals surface area contributed by atoms with Gasteiger partial charge in [-0.05, 0) is 31.0 Å². The van der Waals surface area contributed by atoms with Crippen molar-refractivity contribution in [2.75, 3.05) is 19.6 Å². The summed E-state index contributed by atoms with van der Waals surface area (Å²) in [5.41, 5.74) is 1.19. The van der Waals surface area contributed by atoms with E-state index in [1.54, 1.807) is 6.33 Å². The van der Waals surface area contributed by atoms with Crippen LogP contribution >= 0.6 is 11.6 Å².